The van der Waals surface area contributed by atoms with Gasteiger partial charge in [0.05, 0.1) is 28.8 Å². The van der Waals surface area contributed by atoms with Crippen molar-refractivity contribution < 1.29 is 41.0 Å². The van der Waals surface area contributed by atoms with Gasteiger partial charge in [-0.25, -0.2) is 14.8 Å². The molecule has 2 aromatic carbocycles. The van der Waals surface area contributed by atoms with Crippen LogP contribution in [0.2, 0.25) is 0 Å². The number of anilines is 2. The molecule has 250 valence electrons. The molecule has 2 heterocycles. The topological polar surface area (TPSA) is 134 Å². The van der Waals surface area contributed by atoms with Crippen LogP contribution in [0.3, 0.4) is 0 Å². The van der Waals surface area contributed by atoms with Crippen LogP contribution >= 0.6 is 0 Å². The van der Waals surface area contributed by atoms with Crippen LogP contribution in [-0.2, 0) is 37.0 Å². The van der Waals surface area contributed by atoms with Gasteiger partial charge in [-0.15, -0.1) is 0 Å². The maximum atomic E-state index is 13.2. The Balaban J connectivity index is 1.31. The second kappa shape index (κ2) is 13.1. The van der Waals surface area contributed by atoms with Gasteiger partial charge in [0.25, 0.3) is 0 Å². The molecule has 4 N–H and O–H groups in total. The monoisotopic (exact) mass is 663 g/mol. The molecule has 10 nitrogen and oxygen atoms in total. The lowest BCUT2D eigenvalue weighted by Gasteiger charge is -2.28. The van der Waals surface area contributed by atoms with E-state index in [0.29, 0.717) is 43.0 Å². The van der Waals surface area contributed by atoms with E-state index in [1.807, 2.05) is 19.1 Å². The van der Waals surface area contributed by atoms with Gasteiger partial charge in [-0.3, -0.25) is 9.48 Å². The number of carboxylic acid groups (broad SMARTS) is 1. The minimum absolute atomic E-state index is 0.0118. The summed E-state index contributed by atoms with van der Waals surface area (Å²) in [5, 5.41) is 22.3. The Morgan fingerprint density at radius 3 is 2.17 bits per heavy atom. The molecule has 4 aromatic rings. The summed E-state index contributed by atoms with van der Waals surface area (Å²) in [5.74, 6) is -0.309. The van der Waals surface area contributed by atoms with Gasteiger partial charge < -0.3 is 21.1 Å². The Morgan fingerprint density at radius 2 is 1.57 bits per heavy atom. The van der Waals surface area contributed by atoms with Gasteiger partial charge in [-0.2, -0.15) is 31.4 Å². The normalized spacial score (nSPS) is 17.0. The maximum Gasteiger partial charge on any atom is 0.416 e. The van der Waals surface area contributed by atoms with Crippen LogP contribution < -0.4 is 16.0 Å². The number of fused-ring (bicyclic) bond motifs is 1. The van der Waals surface area contributed by atoms with E-state index < -0.39 is 47.5 Å². The fraction of sp³-hybridized carbons (Fsp3) is 0.387. The molecular weight excluding hydrogens is 632 g/mol. The first kappa shape index (κ1) is 33.5. The van der Waals surface area contributed by atoms with Crippen molar-refractivity contribution in [1.29, 1.82) is 0 Å². The van der Waals surface area contributed by atoms with Gasteiger partial charge in [-0.1, -0.05) is 6.92 Å². The number of amides is 2. The molecule has 1 aliphatic carbocycles. The van der Waals surface area contributed by atoms with E-state index in [1.54, 1.807) is 19.3 Å². The number of alkyl halides is 6. The van der Waals surface area contributed by atoms with Crippen molar-refractivity contribution in [2.45, 2.75) is 69.9 Å². The summed E-state index contributed by atoms with van der Waals surface area (Å²) >= 11 is 0. The Labute approximate surface area is 264 Å². The number of nitrogens with one attached hydrogen (secondary N) is 3. The molecule has 0 radical (unpaired) electrons. The Bertz CT molecular complexity index is 1760. The predicted octanol–water partition coefficient (Wildman–Crippen LogP) is 6.80. The zero-order valence-electron chi connectivity index (χ0n) is 25.3. The highest BCUT2D eigenvalue weighted by Crippen LogP contribution is 2.37. The van der Waals surface area contributed by atoms with E-state index in [2.05, 4.69) is 26.0 Å². The van der Waals surface area contributed by atoms with Gasteiger partial charge in [0.15, 0.2) is 5.82 Å². The van der Waals surface area contributed by atoms with Gasteiger partial charge in [-0.05, 0) is 73.6 Å². The minimum atomic E-state index is -5.02. The molecule has 0 saturated heterocycles. The van der Waals surface area contributed by atoms with Gasteiger partial charge >= 0.3 is 18.4 Å². The first-order chi connectivity index (χ1) is 22.1. The van der Waals surface area contributed by atoms with Crippen LogP contribution in [0.1, 0.15) is 54.9 Å². The number of nitrogens with zero attached hydrogens (tertiary/aromatic N) is 4. The highest BCUT2D eigenvalue weighted by atomic mass is 19.4. The minimum Gasteiger partial charge on any atom is -0.465 e. The number of aromatic nitrogens is 4. The molecule has 16 heteroatoms. The largest absolute Gasteiger partial charge is 0.465 e. The molecule has 47 heavy (non-hydrogen) atoms. The van der Waals surface area contributed by atoms with Crippen LogP contribution in [0, 0.1) is 0 Å². The lowest BCUT2D eigenvalue weighted by molar-refractivity contribution is -0.143. The van der Waals surface area contributed by atoms with E-state index in [4.69, 9.17) is 10.1 Å². The van der Waals surface area contributed by atoms with Crippen molar-refractivity contribution in [2.24, 2.45) is 7.05 Å². The molecule has 5 rings (SSSR count). The van der Waals surface area contributed by atoms with Crippen molar-refractivity contribution in [3.05, 3.63) is 64.8 Å². The molecule has 0 spiro atoms. The number of rotatable bonds is 8. The maximum absolute atomic E-state index is 13.2. The molecule has 2 amide bonds. The van der Waals surface area contributed by atoms with Crippen LogP contribution in [-0.4, -0.2) is 48.9 Å². The summed E-state index contributed by atoms with van der Waals surface area (Å²) in [4.78, 5) is 32.8. The standard InChI is InChI=1S/C31H31F6N7O3/c1-3-17-11-18(12-19-15-38-28(42-27(17)19)39-22-4-6-23(7-5-22)40-29(46)47)24-14-25(43-44(24)2)41-26(45)10-16-8-20(30(32,33)34)13-21(9-16)31(35,36)37/h8-9,11-15,22-23,40H,3-7,10H2,1-2H3,(H,46,47)(H,38,39,42)(H,41,43,45)/t22-,23-. The number of aryl methyl sites for hydroxylation is 2. The lowest BCUT2D eigenvalue weighted by atomic mass is 9.91. The van der Waals surface area contributed by atoms with E-state index in [9.17, 15) is 35.9 Å². The zero-order chi connectivity index (χ0) is 34.1. The van der Waals surface area contributed by atoms with Crippen molar-refractivity contribution in [3.63, 3.8) is 0 Å². The molecule has 1 fully saturated rings. The predicted molar refractivity (Wildman–Crippen MR) is 161 cm³/mol. The van der Waals surface area contributed by atoms with E-state index in [1.165, 1.54) is 4.68 Å². The molecule has 2 aromatic heterocycles. The van der Waals surface area contributed by atoms with Crippen LogP contribution in [0.25, 0.3) is 22.2 Å². The average molecular weight is 664 g/mol. The number of carbonyl (C=O) groups excluding carboxylic acids is 1. The van der Waals surface area contributed by atoms with Gasteiger partial charge in [0.1, 0.15) is 0 Å². The second-order valence-corrected chi connectivity index (χ2v) is 11.4. The molecule has 1 saturated carbocycles. The zero-order valence-corrected chi connectivity index (χ0v) is 25.3. The fourth-order valence-corrected chi connectivity index (χ4v) is 5.74. The first-order valence-electron chi connectivity index (χ1n) is 14.8. The number of hydrogen-bond acceptors (Lipinski definition) is 6. The number of hydrogen-bond donors (Lipinski definition) is 4. The average Bonchev–Trinajstić information content (AvgIpc) is 3.35. The number of carbonyl (C=O) groups is 2. The third-order valence-electron chi connectivity index (χ3n) is 7.99. The third-order valence-corrected chi connectivity index (χ3v) is 7.99. The summed E-state index contributed by atoms with van der Waals surface area (Å²) in [6, 6.07) is 6.41. The SMILES string of the molecule is CCc1cc(-c2cc(NC(=O)Cc3cc(C(F)(F)F)cc(C(F)(F)F)c3)nn2C)cc2cnc(N[C@H]3CC[C@H](NC(=O)O)CC3)nc12. The smallest absolute Gasteiger partial charge is 0.416 e. The Kier molecular flexibility index (Phi) is 9.32. The molecule has 0 aliphatic heterocycles. The summed E-state index contributed by atoms with van der Waals surface area (Å²) in [6.45, 7) is 1.97. The van der Waals surface area contributed by atoms with Crippen LogP contribution in [0.15, 0.2) is 42.6 Å². The summed E-state index contributed by atoms with van der Waals surface area (Å²) in [6.07, 6.45) is -6.55. The second-order valence-electron chi connectivity index (χ2n) is 11.4. The van der Waals surface area contributed by atoms with Crippen LogP contribution in [0.5, 0.6) is 0 Å². The van der Waals surface area contributed by atoms with Crippen LogP contribution in [0.4, 0.5) is 42.9 Å². The Morgan fingerprint density at radius 1 is 0.936 bits per heavy atom. The molecule has 0 bridgehead atoms. The van der Waals surface area contributed by atoms with E-state index >= 15 is 0 Å². The highest BCUT2D eigenvalue weighted by molar-refractivity contribution is 5.92. The summed E-state index contributed by atoms with van der Waals surface area (Å²) in [5.41, 5.74) is -0.472. The van der Waals surface area contributed by atoms with Crippen molar-refractivity contribution in [2.75, 3.05) is 10.6 Å². The number of benzene rings is 2. The molecule has 0 unspecified atom stereocenters. The molecular formula is C31H31F6N7O3. The quantitative estimate of drug-likeness (QED) is 0.152. The summed E-state index contributed by atoms with van der Waals surface area (Å²) < 4.78 is 80.9. The number of halogens is 6. The Hall–Kier alpha value is -4.89. The van der Waals surface area contributed by atoms with E-state index in [0.717, 1.165) is 34.9 Å². The summed E-state index contributed by atoms with van der Waals surface area (Å²) in [7, 11) is 1.63. The van der Waals surface area contributed by atoms with Gasteiger partial charge in [0.2, 0.25) is 11.9 Å². The molecule has 1 aliphatic rings. The lowest BCUT2D eigenvalue weighted by Crippen LogP contribution is -2.39. The first-order valence-corrected chi connectivity index (χ1v) is 14.8. The molecule has 0 atom stereocenters. The highest BCUT2D eigenvalue weighted by Gasteiger charge is 2.37. The fourth-order valence-electron chi connectivity index (χ4n) is 5.74. The van der Waals surface area contributed by atoms with Crippen molar-refractivity contribution >= 4 is 34.7 Å². The van der Waals surface area contributed by atoms with Crippen molar-refractivity contribution in [3.8, 4) is 11.3 Å². The van der Waals surface area contributed by atoms with Gasteiger partial charge in [0, 0.05) is 42.3 Å². The third kappa shape index (κ3) is 8.10. The van der Waals surface area contributed by atoms with Crippen molar-refractivity contribution in [1.82, 2.24) is 25.1 Å². The van der Waals surface area contributed by atoms with E-state index in [-0.39, 0.29) is 24.0 Å².